The van der Waals surface area contributed by atoms with Crippen LogP contribution in [0.4, 0.5) is 5.82 Å². The second-order valence-corrected chi connectivity index (χ2v) is 8.87. The highest BCUT2D eigenvalue weighted by Crippen LogP contribution is 2.30. The van der Waals surface area contributed by atoms with Crippen LogP contribution in [0.3, 0.4) is 0 Å². The minimum absolute atomic E-state index is 0.183. The number of hydrogen-bond acceptors (Lipinski definition) is 5. The SMILES string of the molecule is COc1ccc(C(=O)Nc2c(C(=O)N3CCc4ccccc4C3)cnn2-c2ccccc2C)cc1OC. The minimum atomic E-state index is -0.394. The zero-order chi connectivity index (χ0) is 25.9. The topological polar surface area (TPSA) is 85.7 Å². The fourth-order valence-corrected chi connectivity index (χ4v) is 4.61. The summed E-state index contributed by atoms with van der Waals surface area (Å²) in [6.07, 6.45) is 2.31. The Kier molecular flexibility index (Phi) is 6.64. The lowest BCUT2D eigenvalue weighted by Gasteiger charge is -2.29. The molecule has 1 aliphatic heterocycles. The molecule has 0 spiro atoms. The number of ether oxygens (including phenoxy) is 2. The number of para-hydroxylation sites is 1. The van der Waals surface area contributed by atoms with Crippen LogP contribution in [0, 0.1) is 6.92 Å². The molecule has 0 saturated heterocycles. The van der Waals surface area contributed by atoms with Crippen molar-refractivity contribution in [3.63, 3.8) is 0 Å². The van der Waals surface area contributed by atoms with Crippen LogP contribution >= 0.6 is 0 Å². The molecule has 0 atom stereocenters. The molecular formula is C29H28N4O4. The van der Waals surface area contributed by atoms with Crippen molar-refractivity contribution in [2.45, 2.75) is 19.9 Å². The van der Waals surface area contributed by atoms with Gasteiger partial charge in [-0.2, -0.15) is 5.10 Å². The molecule has 37 heavy (non-hydrogen) atoms. The van der Waals surface area contributed by atoms with Gasteiger partial charge in [0.05, 0.1) is 26.1 Å². The van der Waals surface area contributed by atoms with Gasteiger partial charge in [0.2, 0.25) is 0 Å². The maximum absolute atomic E-state index is 13.7. The molecule has 4 aromatic rings. The Morgan fingerprint density at radius 2 is 1.65 bits per heavy atom. The van der Waals surface area contributed by atoms with Crippen molar-refractivity contribution >= 4 is 17.6 Å². The quantitative estimate of drug-likeness (QED) is 0.420. The molecule has 1 aliphatic rings. The van der Waals surface area contributed by atoms with E-state index in [1.54, 1.807) is 27.8 Å². The van der Waals surface area contributed by atoms with Crippen LogP contribution in [-0.4, -0.2) is 47.3 Å². The van der Waals surface area contributed by atoms with Crippen molar-refractivity contribution in [3.05, 3.63) is 101 Å². The molecule has 0 aliphatic carbocycles. The predicted molar refractivity (Wildman–Crippen MR) is 141 cm³/mol. The van der Waals surface area contributed by atoms with Crippen LogP contribution in [0.25, 0.3) is 5.69 Å². The van der Waals surface area contributed by atoms with Gasteiger partial charge < -0.3 is 19.7 Å². The van der Waals surface area contributed by atoms with Gasteiger partial charge in [-0.25, -0.2) is 4.68 Å². The molecule has 0 bridgehead atoms. The monoisotopic (exact) mass is 496 g/mol. The second kappa shape index (κ2) is 10.2. The molecule has 8 heteroatoms. The molecule has 0 unspecified atom stereocenters. The number of benzene rings is 3. The number of carbonyl (C=O) groups excluding carboxylic acids is 2. The number of nitrogens with one attached hydrogen (secondary N) is 1. The molecule has 8 nitrogen and oxygen atoms in total. The Labute approximate surface area is 215 Å². The van der Waals surface area contributed by atoms with Crippen LogP contribution < -0.4 is 14.8 Å². The van der Waals surface area contributed by atoms with Crippen molar-refractivity contribution in [3.8, 4) is 17.2 Å². The largest absolute Gasteiger partial charge is 0.493 e. The van der Waals surface area contributed by atoms with Gasteiger partial charge in [-0.3, -0.25) is 9.59 Å². The standard InChI is InChI=1S/C29H28N4O4/c1-19-8-4-7-11-24(19)33-27(31-28(34)21-12-13-25(36-2)26(16-21)37-3)23(17-30-33)29(35)32-15-14-20-9-5-6-10-22(20)18-32/h4-13,16-17H,14-15,18H2,1-3H3,(H,31,34). The summed E-state index contributed by atoms with van der Waals surface area (Å²) in [7, 11) is 3.05. The van der Waals surface area contributed by atoms with E-state index in [2.05, 4.69) is 16.5 Å². The fraction of sp³-hybridized carbons (Fsp3) is 0.207. The minimum Gasteiger partial charge on any atom is -0.493 e. The van der Waals surface area contributed by atoms with Gasteiger partial charge in [0, 0.05) is 18.7 Å². The van der Waals surface area contributed by atoms with Gasteiger partial charge in [0.15, 0.2) is 11.5 Å². The Morgan fingerprint density at radius 1 is 0.919 bits per heavy atom. The number of hydrogen-bond donors (Lipinski definition) is 1. The number of fused-ring (bicyclic) bond motifs is 1. The van der Waals surface area contributed by atoms with E-state index in [1.807, 2.05) is 49.4 Å². The van der Waals surface area contributed by atoms with Crippen LogP contribution in [-0.2, 0) is 13.0 Å². The Bertz CT molecular complexity index is 1480. The number of carbonyl (C=O) groups is 2. The van der Waals surface area contributed by atoms with Crippen LogP contribution in [0.1, 0.15) is 37.4 Å². The van der Waals surface area contributed by atoms with E-state index < -0.39 is 5.91 Å². The number of methoxy groups -OCH3 is 2. The lowest BCUT2D eigenvalue weighted by Crippen LogP contribution is -2.36. The van der Waals surface area contributed by atoms with Crippen LogP contribution in [0.15, 0.2) is 72.9 Å². The zero-order valence-electron chi connectivity index (χ0n) is 21.0. The van der Waals surface area contributed by atoms with Crippen molar-refractivity contribution in [2.75, 3.05) is 26.1 Å². The van der Waals surface area contributed by atoms with Crippen LogP contribution in [0.2, 0.25) is 0 Å². The maximum atomic E-state index is 13.7. The summed E-state index contributed by atoms with van der Waals surface area (Å²) >= 11 is 0. The third kappa shape index (κ3) is 4.65. The highest BCUT2D eigenvalue weighted by molar-refractivity contribution is 6.08. The third-order valence-electron chi connectivity index (χ3n) is 6.64. The third-order valence-corrected chi connectivity index (χ3v) is 6.64. The lowest BCUT2D eigenvalue weighted by molar-refractivity contribution is 0.0735. The van der Waals surface area contributed by atoms with Gasteiger partial charge in [0.25, 0.3) is 11.8 Å². The summed E-state index contributed by atoms with van der Waals surface area (Å²) < 4.78 is 12.3. The molecule has 2 heterocycles. The molecule has 2 amide bonds. The van der Waals surface area contributed by atoms with Gasteiger partial charge in [-0.1, -0.05) is 42.5 Å². The number of nitrogens with zero attached hydrogens (tertiary/aromatic N) is 3. The van der Waals surface area contributed by atoms with E-state index in [-0.39, 0.29) is 5.91 Å². The average molecular weight is 497 g/mol. The highest BCUT2D eigenvalue weighted by Gasteiger charge is 2.28. The summed E-state index contributed by atoms with van der Waals surface area (Å²) in [6, 6.07) is 20.8. The molecule has 3 aromatic carbocycles. The van der Waals surface area contributed by atoms with E-state index >= 15 is 0 Å². The highest BCUT2D eigenvalue weighted by atomic mass is 16.5. The number of amides is 2. The summed E-state index contributed by atoms with van der Waals surface area (Å²) in [5.41, 5.74) is 4.80. The van der Waals surface area contributed by atoms with Gasteiger partial charge in [-0.05, 0) is 54.3 Å². The fourth-order valence-electron chi connectivity index (χ4n) is 4.61. The van der Waals surface area contributed by atoms with E-state index in [0.29, 0.717) is 41.5 Å². The van der Waals surface area contributed by atoms with Gasteiger partial charge in [-0.15, -0.1) is 0 Å². The molecule has 0 fully saturated rings. The smallest absolute Gasteiger partial charge is 0.259 e. The Morgan fingerprint density at radius 3 is 2.41 bits per heavy atom. The molecule has 5 rings (SSSR count). The van der Waals surface area contributed by atoms with E-state index in [9.17, 15) is 9.59 Å². The van der Waals surface area contributed by atoms with Crippen molar-refractivity contribution in [1.29, 1.82) is 0 Å². The molecule has 1 aromatic heterocycles. The second-order valence-electron chi connectivity index (χ2n) is 8.87. The Hall–Kier alpha value is -4.59. The number of aryl methyl sites for hydroxylation is 1. The lowest BCUT2D eigenvalue weighted by atomic mass is 9.99. The number of rotatable bonds is 6. The van der Waals surface area contributed by atoms with Gasteiger partial charge >= 0.3 is 0 Å². The Balaban J connectivity index is 1.52. The van der Waals surface area contributed by atoms with Crippen LogP contribution in [0.5, 0.6) is 11.5 Å². The van der Waals surface area contributed by atoms with Gasteiger partial charge in [0.1, 0.15) is 11.4 Å². The first-order valence-corrected chi connectivity index (χ1v) is 12.0. The molecule has 0 radical (unpaired) electrons. The summed E-state index contributed by atoms with van der Waals surface area (Å²) in [5.74, 6) is 0.695. The van der Waals surface area contributed by atoms with Crippen molar-refractivity contribution < 1.29 is 19.1 Å². The summed E-state index contributed by atoms with van der Waals surface area (Å²) in [6.45, 7) is 3.06. The van der Waals surface area contributed by atoms with E-state index in [4.69, 9.17) is 9.47 Å². The molecule has 188 valence electrons. The zero-order valence-corrected chi connectivity index (χ0v) is 21.0. The van der Waals surface area contributed by atoms with Crippen molar-refractivity contribution in [2.24, 2.45) is 0 Å². The number of anilines is 1. The summed E-state index contributed by atoms with van der Waals surface area (Å²) in [4.78, 5) is 28.9. The number of aromatic nitrogens is 2. The predicted octanol–water partition coefficient (Wildman–Crippen LogP) is 4.65. The maximum Gasteiger partial charge on any atom is 0.259 e. The first-order chi connectivity index (χ1) is 18.0. The van der Waals surface area contributed by atoms with E-state index in [1.165, 1.54) is 26.0 Å². The molecule has 1 N–H and O–H groups in total. The normalized spacial score (nSPS) is 12.6. The first kappa shape index (κ1) is 24.1. The van der Waals surface area contributed by atoms with Crippen molar-refractivity contribution in [1.82, 2.24) is 14.7 Å². The molecular weight excluding hydrogens is 468 g/mol. The first-order valence-electron chi connectivity index (χ1n) is 12.0. The molecule has 0 saturated carbocycles. The van der Waals surface area contributed by atoms with E-state index in [0.717, 1.165) is 23.2 Å². The average Bonchev–Trinajstić information content (AvgIpc) is 3.35. The summed E-state index contributed by atoms with van der Waals surface area (Å²) in [5, 5.41) is 7.47.